The number of thiazole rings is 1. The second-order valence-electron chi connectivity index (χ2n) is 10.1. The van der Waals surface area contributed by atoms with Gasteiger partial charge in [-0.25, -0.2) is 22.9 Å². The summed E-state index contributed by atoms with van der Waals surface area (Å²) >= 11 is 1.11. The number of unbranched alkanes of at least 4 members (excludes halogenated alkanes) is 4. The zero-order valence-corrected chi connectivity index (χ0v) is 23.9. The van der Waals surface area contributed by atoms with E-state index >= 15 is 0 Å². The molecule has 1 heterocycles. The van der Waals surface area contributed by atoms with Crippen LogP contribution in [0.25, 0.3) is 0 Å². The van der Waals surface area contributed by atoms with Gasteiger partial charge in [-0.05, 0) is 25.2 Å². The molecule has 218 valence electrons. The third-order valence-corrected chi connectivity index (χ3v) is 7.68. The smallest absolute Gasteiger partial charge is 0.363 e. The van der Waals surface area contributed by atoms with Gasteiger partial charge in [0.1, 0.15) is 0 Å². The molecule has 2 atom stereocenters. The van der Waals surface area contributed by atoms with Gasteiger partial charge < -0.3 is 9.64 Å². The highest BCUT2D eigenvalue weighted by Gasteiger charge is 2.31. The zero-order chi connectivity index (χ0) is 29.3. The van der Waals surface area contributed by atoms with Crippen LogP contribution in [0.3, 0.4) is 0 Å². The Kier molecular flexibility index (Phi) is 12.8. The topological polar surface area (TPSA) is 59.5 Å². The Balaban J connectivity index is 2.20. The lowest BCUT2D eigenvalue weighted by atomic mass is 9.91. The van der Waals surface area contributed by atoms with Crippen LogP contribution in [-0.2, 0) is 4.79 Å². The van der Waals surface area contributed by atoms with E-state index in [1.807, 2.05) is 18.7 Å². The normalized spacial score (nSPS) is 13.0. The summed E-state index contributed by atoms with van der Waals surface area (Å²) < 4.78 is 72.6. The first-order valence-electron chi connectivity index (χ1n) is 13.4. The maximum absolute atomic E-state index is 13.9. The Morgan fingerprint density at radius 1 is 0.897 bits per heavy atom. The minimum absolute atomic E-state index is 0.0707. The van der Waals surface area contributed by atoms with Crippen molar-refractivity contribution in [2.75, 3.05) is 6.54 Å². The van der Waals surface area contributed by atoms with Gasteiger partial charge in [0.15, 0.2) is 5.69 Å². The Bertz CT molecular complexity index is 1100. The lowest BCUT2D eigenvalue weighted by molar-refractivity contribution is -0.135. The molecule has 0 fully saturated rings. The van der Waals surface area contributed by atoms with Crippen molar-refractivity contribution in [3.8, 4) is 5.75 Å². The van der Waals surface area contributed by atoms with Crippen molar-refractivity contribution in [2.45, 2.75) is 97.9 Å². The van der Waals surface area contributed by atoms with Crippen molar-refractivity contribution < 1.29 is 36.3 Å². The molecular weight excluding hydrogens is 539 g/mol. The quantitative estimate of drug-likeness (QED) is 0.0536. The lowest BCUT2D eigenvalue weighted by Crippen LogP contribution is -2.44. The molecule has 5 nitrogen and oxygen atoms in total. The van der Waals surface area contributed by atoms with Crippen LogP contribution in [0.5, 0.6) is 5.75 Å². The van der Waals surface area contributed by atoms with E-state index in [0.29, 0.717) is 24.4 Å². The largest absolute Gasteiger partial charge is 0.415 e. The van der Waals surface area contributed by atoms with Gasteiger partial charge in [0, 0.05) is 30.3 Å². The molecule has 0 N–H and O–H groups in total. The molecule has 0 aliphatic carbocycles. The number of rotatable bonds is 15. The Morgan fingerprint density at radius 3 is 2.05 bits per heavy atom. The van der Waals surface area contributed by atoms with Gasteiger partial charge in [0.05, 0.1) is 5.01 Å². The summed E-state index contributed by atoms with van der Waals surface area (Å²) in [5.74, 6) is -14.2. The highest BCUT2D eigenvalue weighted by Crippen LogP contribution is 2.32. The van der Waals surface area contributed by atoms with Crippen LogP contribution in [0.15, 0.2) is 5.38 Å². The average molecular weight is 577 g/mol. The highest BCUT2D eigenvalue weighted by molar-refractivity contribution is 7.09. The Morgan fingerprint density at radius 2 is 1.49 bits per heavy atom. The number of ether oxygens (including phenoxy) is 1. The number of hydrogen-bond donors (Lipinski definition) is 0. The Labute approximate surface area is 230 Å². The fraction of sp³-hybridized carbons (Fsp3) is 0.607. The summed E-state index contributed by atoms with van der Waals surface area (Å²) in [6.45, 7) is 10.8. The number of benzene rings is 1. The van der Waals surface area contributed by atoms with Gasteiger partial charge in [-0.3, -0.25) is 4.79 Å². The third-order valence-electron chi connectivity index (χ3n) is 6.60. The molecule has 11 heteroatoms. The first-order valence-corrected chi connectivity index (χ1v) is 14.3. The molecule has 0 unspecified atom stereocenters. The molecule has 0 saturated carbocycles. The molecular formula is C28H37F5N2O3S. The van der Waals surface area contributed by atoms with E-state index < -0.39 is 40.8 Å². The standard InChI is InChI=1S/C28H37F5N2O3S/c1-6-8-10-11-13-35(20(36)12-9-7-2)19(16(3)4)14-17(5)27-34-18(15-39-27)28(37)38-26-24(32)22(30)21(29)23(31)25(26)33/h15-17,19H,6-14H2,1-5H3/t17-,19-/m1/s1. The number of carbonyl (C=O) groups excluding carboxylic acids is 2. The summed E-state index contributed by atoms with van der Waals surface area (Å²) in [5.41, 5.74) is -0.317. The average Bonchev–Trinajstić information content (AvgIpc) is 3.41. The summed E-state index contributed by atoms with van der Waals surface area (Å²) in [7, 11) is 0. The summed E-state index contributed by atoms with van der Waals surface area (Å²) in [4.78, 5) is 31.8. The van der Waals surface area contributed by atoms with Crippen molar-refractivity contribution in [2.24, 2.45) is 5.92 Å². The molecule has 39 heavy (non-hydrogen) atoms. The monoisotopic (exact) mass is 576 g/mol. The number of aromatic nitrogens is 1. The molecule has 0 aliphatic heterocycles. The van der Waals surface area contributed by atoms with E-state index in [4.69, 9.17) is 0 Å². The first kappa shape index (κ1) is 32.7. The number of hydrogen-bond acceptors (Lipinski definition) is 5. The third kappa shape index (κ3) is 8.46. The van der Waals surface area contributed by atoms with Crippen LogP contribution < -0.4 is 4.74 Å². The number of nitrogens with zero attached hydrogens (tertiary/aromatic N) is 2. The molecule has 1 aromatic heterocycles. The van der Waals surface area contributed by atoms with E-state index in [-0.39, 0.29) is 29.5 Å². The summed E-state index contributed by atoms with van der Waals surface area (Å²) in [6, 6.07) is -0.0707. The van der Waals surface area contributed by atoms with Crippen LogP contribution in [0.1, 0.15) is 107 Å². The number of halogens is 5. The van der Waals surface area contributed by atoms with E-state index in [0.717, 1.165) is 49.9 Å². The number of esters is 1. The Hall–Kier alpha value is -2.56. The molecule has 1 amide bonds. The van der Waals surface area contributed by atoms with E-state index in [2.05, 4.69) is 30.5 Å². The molecule has 0 radical (unpaired) electrons. The molecule has 0 saturated heterocycles. The molecule has 0 spiro atoms. The van der Waals surface area contributed by atoms with Crippen LogP contribution >= 0.6 is 11.3 Å². The highest BCUT2D eigenvalue weighted by atomic mass is 32.1. The first-order chi connectivity index (χ1) is 18.4. The maximum Gasteiger partial charge on any atom is 0.363 e. The van der Waals surface area contributed by atoms with Crippen molar-refractivity contribution in [3.05, 3.63) is 45.2 Å². The summed E-state index contributed by atoms with van der Waals surface area (Å²) in [6.07, 6.45) is 6.92. The van der Waals surface area contributed by atoms with Crippen LogP contribution in [0.4, 0.5) is 22.0 Å². The van der Waals surface area contributed by atoms with Gasteiger partial charge in [0.25, 0.3) is 0 Å². The summed E-state index contributed by atoms with van der Waals surface area (Å²) in [5, 5.41) is 1.83. The van der Waals surface area contributed by atoms with Crippen molar-refractivity contribution >= 4 is 23.2 Å². The van der Waals surface area contributed by atoms with E-state index in [1.165, 1.54) is 5.38 Å². The van der Waals surface area contributed by atoms with Gasteiger partial charge in [-0.2, -0.15) is 8.78 Å². The molecule has 2 rings (SSSR count). The fourth-order valence-corrected chi connectivity index (χ4v) is 5.17. The van der Waals surface area contributed by atoms with Crippen LogP contribution in [0.2, 0.25) is 0 Å². The molecule has 0 bridgehead atoms. The van der Waals surface area contributed by atoms with Crippen molar-refractivity contribution in [3.63, 3.8) is 0 Å². The number of carbonyl (C=O) groups is 2. The fourth-order valence-electron chi connectivity index (χ4n) is 4.31. The SMILES string of the molecule is CCCCCCN(C(=O)CCCC)[C@H](C[C@@H](C)c1nc(C(=O)Oc2c(F)c(F)c(F)c(F)c2F)cs1)C(C)C. The van der Waals surface area contributed by atoms with Crippen molar-refractivity contribution in [1.82, 2.24) is 9.88 Å². The lowest BCUT2D eigenvalue weighted by Gasteiger charge is -2.36. The second kappa shape index (κ2) is 15.3. The zero-order valence-electron chi connectivity index (χ0n) is 23.1. The molecule has 2 aromatic rings. The van der Waals surface area contributed by atoms with Gasteiger partial charge in [0.2, 0.25) is 40.7 Å². The molecule has 1 aromatic carbocycles. The maximum atomic E-state index is 13.9. The van der Waals surface area contributed by atoms with Crippen LogP contribution in [-0.4, -0.2) is 34.3 Å². The van der Waals surface area contributed by atoms with Gasteiger partial charge >= 0.3 is 5.97 Å². The number of amides is 1. The van der Waals surface area contributed by atoms with Crippen molar-refractivity contribution in [1.29, 1.82) is 0 Å². The minimum Gasteiger partial charge on any atom is -0.415 e. The van der Waals surface area contributed by atoms with Crippen LogP contribution in [0, 0.1) is 35.0 Å². The minimum atomic E-state index is -2.35. The molecule has 0 aliphatic rings. The predicted molar refractivity (Wildman–Crippen MR) is 140 cm³/mol. The van der Waals surface area contributed by atoms with Gasteiger partial charge in [-0.15, -0.1) is 11.3 Å². The predicted octanol–water partition coefficient (Wildman–Crippen LogP) is 8.18. The van der Waals surface area contributed by atoms with E-state index in [9.17, 15) is 31.5 Å². The van der Waals surface area contributed by atoms with E-state index in [1.54, 1.807) is 0 Å². The second-order valence-corrected chi connectivity index (χ2v) is 10.9. The van der Waals surface area contributed by atoms with Gasteiger partial charge in [-0.1, -0.05) is 60.3 Å².